The molecular formula is C14H23Cl2N5O. The van der Waals surface area contributed by atoms with Crippen LogP contribution in [0.15, 0.2) is 18.6 Å². The smallest absolute Gasteiger partial charge is 0.236 e. The summed E-state index contributed by atoms with van der Waals surface area (Å²) in [6, 6.07) is 0. The highest BCUT2D eigenvalue weighted by atomic mass is 35.5. The molecule has 1 aliphatic heterocycles. The van der Waals surface area contributed by atoms with E-state index in [9.17, 15) is 4.79 Å². The summed E-state index contributed by atoms with van der Waals surface area (Å²) in [5.74, 6) is 1.92. The van der Waals surface area contributed by atoms with Crippen molar-refractivity contribution in [1.82, 2.24) is 20.2 Å². The SMILES string of the molecule is Cl.Cl.O=C(CNCC1CC1)N1CCN(c2cnccn2)CC1. The minimum Gasteiger partial charge on any atom is -0.352 e. The summed E-state index contributed by atoms with van der Waals surface area (Å²) in [6.07, 6.45) is 7.79. The quantitative estimate of drug-likeness (QED) is 0.859. The molecule has 2 aliphatic rings. The molecule has 1 amide bonds. The van der Waals surface area contributed by atoms with Crippen LogP contribution in [0.5, 0.6) is 0 Å². The molecule has 0 bridgehead atoms. The van der Waals surface area contributed by atoms with E-state index in [2.05, 4.69) is 20.2 Å². The van der Waals surface area contributed by atoms with E-state index in [1.165, 1.54) is 12.8 Å². The first kappa shape index (κ1) is 18.9. The fourth-order valence-corrected chi connectivity index (χ4v) is 2.46. The fourth-order valence-electron chi connectivity index (χ4n) is 2.46. The minimum atomic E-state index is 0. The van der Waals surface area contributed by atoms with E-state index in [1.807, 2.05) is 4.90 Å². The number of piperazine rings is 1. The first-order valence-corrected chi connectivity index (χ1v) is 7.32. The predicted octanol–water partition coefficient (Wildman–Crippen LogP) is 0.968. The zero-order valence-electron chi connectivity index (χ0n) is 12.5. The lowest BCUT2D eigenvalue weighted by molar-refractivity contribution is -0.130. The van der Waals surface area contributed by atoms with Gasteiger partial charge in [-0.15, -0.1) is 24.8 Å². The molecule has 22 heavy (non-hydrogen) atoms. The number of hydrogen-bond acceptors (Lipinski definition) is 5. The Kier molecular flexibility index (Phi) is 7.85. The normalized spacial score (nSPS) is 17.5. The molecule has 124 valence electrons. The first-order chi connectivity index (χ1) is 9.83. The number of nitrogens with zero attached hydrogens (tertiary/aromatic N) is 4. The van der Waals surface area contributed by atoms with Crippen LogP contribution in [0.25, 0.3) is 0 Å². The molecule has 6 nitrogen and oxygen atoms in total. The molecule has 0 radical (unpaired) electrons. The lowest BCUT2D eigenvalue weighted by Crippen LogP contribution is -2.51. The number of carbonyl (C=O) groups excluding carboxylic acids is 1. The largest absolute Gasteiger partial charge is 0.352 e. The Morgan fingerprint density at radius 3 is 2.50 bits per heavy atom. The summed E-state index contributed by atoms with van der Waals surface area (Å²) < 4.78 is 0. The fraction of sp³-hybridized carbons (Fsp3) is 0.643. The number of hydrogen-bond donors (Lipinski definition) is 1. The van der Waals surface area contributed by atoms with E-state index in [1.54, 1.807) is 18.6 Å². The maximum Gasteiger partial charge on any atom is 0.236 e. The number of rotatable bonds is 5. The van der Waals surface area contributed by atoms with Crippen molar-refractivity contribution in [3.05, 3.63) is 18.6 Å². The maximum atomic E-state index is 12.1. The van der Waals surface area contributed by atoms with Crippen LogP contribution in [0, 0.1) is 5.92 Å². The second-order valence-electron chi connectivity index (χ2n) is 5.51. The van der Waals surface area contributed by atoms with Crippen molar-refractivity contribution in [2.75, 3.05) is 44.2 Å². The van der Waals surface area contributed by atoms with Gasteiger partial charge >= 0.3 is 0 Å². The molecule has 1 aromatic rings. The van der Waals surface area contributed by atoms with Crippen LogP contribution in [0.1, 0.15) is 12.8 Å². The van der Waals surface area contributed by atoms with Crippen LogP contribution in [0.3, 0.4) is 0 Å². The summed E-state index contributed by atoms with van der Waals surface area (Å²) in [6.45, 7) is 4.65. The van der Waals surface area contributed by atoms with Crippen molar-refractivity contribution in [2.24, 2.45) is 5.92 Å². The molecule has 2 fully saturated rings. The molecule has 3 rings (SSSR count). The molecule has 1 aliphatic carbocycles. The second kappa shape index (κ2) is 9.12. The van der Waals surface area contributed by atoms with Crippen molar-refractivity contribution < 1.29 is 4.79 Å². The zero-order chi connectivity index (χ0) is 13.8. The van der Waals surface area contributed by atoms with E-state index < -0.39 is 0 Å². The summed E-state index contributed by atoms with van der Waals surface area (Å²) in [7, 11) is 0. The van der Waals surface area contributed by atoms with Crippen LogP contribution < -0.4 is 10.2 Å². The van der Waals surface area contributed by atoms with Gasteiger partial charge in [-0.2, -0.15) is 0 Å². The standard InChI is InChI=1S/C14H21N5O.2ClH/c20-14(11-16-9-12-1-2-12)19-7-5-18(6-8-19)13-10-15-3-4-17-13;;/h3-4,10,12,16H,1-2,5-9,11H2;2*1H. The monoisotopic (exact) mass is 347 g/mol. The molecule has 8 heteroatoms. The zero-order valence-corrected chi connectivity index (χ0v) is 14.1. The molecule has 1 saturated heterocycles. The lowest BCUT2D eigenvalue weighted by Gasteiger charge is -2.35. The van der Waals surface area contributed by atoms with Crippen molar-refractivity contribution in [3.8, 4) is 0 Å². The number of amides is 1. The van der Waals surface area contributed by atoms with Gasteiger partial charge in [-0.3, -0.25) is 9.78 Å². The highest BCUT2D eigenvalue weighted by Crippen LogP contribution is 2.27. The Labute approximate surface area is 143 Å². The van der Waals surface area contributed by atoms with Crippen molar-refractivity contribution in [3.63, 3.8) is 0 Å². The van der Waals surface area contributed by atoms with E-state index in [4.69, 9.17) is 0 Å². The number of nitrogens with one attached hydrogen (secondary N) is 1. The third kappa shape index (κ3) is 5.26. The Balaban J connectivity index is 0.00000121. The average molecular weight is 348 g/mol. The molecule has 1 aromatic heterocycles. The molecule has 1 N–H and O–H groups in total. The topological polar surface area (TPSA) is 61.4 Å². The molecule has 0 spiro atoms. The number of anilines is 1. The van der Waals surface area contributed by atoms with Crippen molar-refractivity contribution in [1.29, 1.82) is 0 Å². The van der Waals surface area contributed by atoms with Gasteiger partial charge in [-0.25, -0.2) is 4.98 Å². The van der Waals surface area contributed by atoms with Gasteiger partial charge in [0.15, 0.2) is 0 Å². The van der Waals surface area contributed by atoms with Gasteiger partial charge in [0, 0.05) is 38.6 Å². The van der Waals surface area contributed by atoms with E-state index in [0.29, 0.717) is 6.54 Å². The van der Waals surface area contributed by atoms with Gasteiger partial charge < -0.3 is 15.1 Å². The Morgan fingerprint density at radius 2 is 1.91 bits per heavy atom. The summed E-state index contributed by atoms with van der Waals surface area (Å²) in [5.41, 5.74) is 0. The molecule has 0 atom stereocenters. The van der Waals surface area contributed by atoms with Crippen molar-refractivity contribution in [2.45, 2.75) is 12.8 Å². The van der Waals surface area contributed by atoms with Crippen molar-refractivity contribution >= 4 is 36.5 Å². The van der Waals surface area contributed by atoms with Crippen LogP contribution >= 0.6 is 24.8 Å². The summed E-state index contributed by atoms with van der Waals surface area (Å²) in [4.78, 5) is 24.6. The Morgan fingerprint density at radius 1 is 1.18 bits per heavy atom. The van der Waals surface area contributed by atoms with Gasteiger partial charge in [0.25, 0.3) is 0 Å². The predicted molar refractivity (Wildman–Crippen MR) is 90.9 cm³/mol. The van der Waals surface area contributed by atoms with Gasteiger partial charge in [0.2, 0.25) is 5.91 Å². The van der Waals surface area contributed by atoms with Gasteiger partial charge in [0.1, 0.15) is 5.82 Å². The molecule has 1 saturated carbocycles. The number of carbonyl (C=O) groups is 1. The highest BCUT2D eigenvalue weighted by Gasteiger charge is 2.23. The van der Waals surface area contributed by atoms with Crippen LogP contribution in [-0.2, 0) is 4.79 Å². The van der Waals surface area contributed by atoms with Crippen LogP contribution in [0.2, 0.25) is 0 Å². The summed E-state index contributed by atoms with van der Waals surface area (Å²) in [5, 5.41) is 3.26. The lowest BCUT2D eigenvalue weighted by atomic mass is 10.3. The Bertz CT molecular complexity index is 450. The van der Waals surface area contributed by atoms with Gasteiger partial charge in [0.05, 0.1) is 12.7 Å². The van der Waals surface area contributed by atoms with E-state index in [0.717, 1.165) is 44.5 Å². The third-order valence-corrected chi connectivity index (χ3v) is 3.91. The molecular weight excluding hydrogens is 325 g/mol. The maximum absolute atomic E-state index is 12.1. The highest BCUT2D eigenvalue weighted by molar-refractivity contribution is 5.85. The first-order valence-electron chi connectivity index (χ1n) is 7.32. The minimum absolute atomic E-state index is 0. The number of halogens is 2. The van der Waals surface area contributed by atoms with Gasteiger partial charge in [-0.1, -0.05) is 0 Å². The van der Waals surface area contributed by atoms with E-state index >= 15 is 0 Å². The van der Waals surface area contributed by atoms with E-state index in [-0.39, 0.29) is 30.7 Å². The molecule has 0 aromatic carbocycles. The second-order valence-corrected chi connectivity index (χ2v) is 5.51. The summed E-state index contributed by atoms with van der Waals surface area (Å²) >= 11 is 0. The number of aromatic nitrogens is 2. The third-order valence-electron chi connectivity index (χ3n) is 3.91. The molecule has 0 unspecified atom stereocenters. The van der Waals surface area contributed by atoms with Crippen LogP contribution in [0.4, 0.5) is 5.82 Å². The average Bonchev–Trinajstić information content (AvgIpc) is 3.32. The van der Waals surface area contributed by atoms with Gasteiger partial charge in [-0.05, 0) is 25.3 Å². The molecule has 2 heterocycles. The Hall–Kier alpha value is -1.11. The van der Waals surface area contributed by atoms with Crippen LogP contribution in [-0.4, -0.2) is 60.0 Å².